The van der Waals surface area contributed by atoms with Crippen LogP contribution in [0.1, 0.15) is 39.5 Å². The number of benzene rings is 2. The third-order valence-electron chi connectivity index (χ3n) is 4.80. The van der Waals surface area contributed by atoms with Crippen molar-refractivity contribution in [2.45, 2.75) is 24.7 Å². The lowest BCUT2D eigenvalue weighted by atomic mass is 10.2. The molecule has 0 aliphatic heterocycles. The van der Waals surface area contributed by atoms with E-state index in [9.17, 15) is 14.4 Å². The standard InChI is InChI=1S/C24H24ClN5O4S/c1-4-12-30-21(15(2)26-22(32)17-6-5-7-18(25)13-17)28-29-24(30)35-14-20(31)27-19-10-8-16(9-11-19)23(33)34-3/h4-11,13,15H,1,12,14H2,2-3H3,(H,26,32)(H,27,31). The second-order valence-electron chi connectivity index (χ2n) is 7.35. The SMILES string of the molecule is C=CCn1c(SCC(=O)Nc2ccc(C(=O)OC)cc2)nnc1C(C)NC(=O)c1cccc(Cl)c1. The number of ether oxygens (including phenoxy) is 1. The number of carbonyl (C=O) groups is 3. The molecule has 0 radical (unpaired) electrons. The van der Waals surface area contributed by atoms with Crippen LogP contribution in [0.4, 0.5) is 5.69 Å². The van der Waals surface area contributed by atoms with E-state index in [-0.39, 0.29) is 17.6 Å². The molecule has 0 saturated carbocycles. The Morgan fingerprint density at radius 2 is 1.91 bits per heavy atom. The number of allylic oxidation sites excluding steroid dienone is 1. The number of rotatable bonds is 10. The third kappa shape index (κ3) is 6.93. The molecule has 0 saturated heterocycles. The summed E-state index contributed by atoms with van der Waals surface area (Å²) in [5, 5.41) is 15.1. The Kier molecular flexibility index (Phi) is 9.04. The molecule has 11 heteroatoms. The number of methoxy groups -OCH3 is 1. The zero-order valence-corrected chi connectivity index (χ0v) is 20.7. The van der Waals surface area contributed by atoms with E-state index in [4.69, 9.17) is 11.6 Å². The van der Waals surface area contributed by atoms with Crippen molar-refractivity contribution in [3.63, 3.8) is 0 Å². The first kappa shape index (κ1) is 26.0. The summed E-state index contributed by atoms with van der Waals surface area (Å²) in [7, 11) is 1.31. The Balaban J connectivity index is 1.63. The van der Waals surface area contributed by atoms with Crippen molar-refractivity contribution in [1.82, 2.24) is 20.1 Å². The van der Waals surface area contributed by atoms with E-state index in [2.05, 4.69) is 32.1 Å². The molecule has 2 N–H and O–H groups in total. The number of nitrogens with zero attached hydrogens (tertiary/aromatic N) is 3. The molecule has 9 nitrogen and oxygen atoms in total. The number of thioether (sulfide) groups is 1. The van der Waals surface area contributed by atoms with Gasteiger partial charge in [0, 0.05) is 22.8 Å². The summed E-state index contributed by atoms with van der Waals surface area (Å²) in [6.45, 7) is 5.97. The zero-order valence-electron chi connectivity index (χ0n) is 19.2. The van der Waals surface area contributed by atoms with Crippen molar-refractivity contribution in [2.75, 3.05) is 18.2 Å². The summed E-state index contributed by atoms with van der Waals surface area (Å²) in [4.78, 5) is 36.5. The summed E-state index contributed by atoms with van der Waals surface area (Å²) in [6, 6.07) is 12.6. The van der Waals surface area contributed by atoms with E-state index in [1.54, 1.807) is 66.1 Å². The van der Waals surface area contributed by atoms with Gasteiger partial charge in [-0.15, -0.1) is 16.8 Å². The van der Waals surface area contributed by atoms with Gasteiger partial charge >= 0.3 is 5.97 Å². The maximum Gasteiger partial charge on any atom is 0.337 e. The van der Waals surface area contributed by atoms with Crippen LogP contribution in [0.3, 0.4) is 0 Å². The first-order valence-electron chi connectivity index (χ1n) is 10.5. The highest BCUT2D eigenvalue weighted by molar-refractivity contribution is 7.99. The van der Waals surface area contributed by atoms with Gasteiger partial charge in [-0.05, 0) is 49.4 Å². The molecule has 1 unspecified atom stereocenters. The van der Waals surface area contributed by atoms with Gasteiger partial charge < -0.3 is 19.9 Å². The number of esters is 1. The molecule has 2 aromatic carbocycles. The van der Waals surface area contributed by atoms with Gasteiger partial charge in [-0.25, -0.2) is 4.79 Å². The number of aromatic nitrogens is 3. The predicted octanol–water partition coefficient (Wildman–Crippen LogP) is 4.13. The molecular weight excluding hydrogens is 490 g/mol. The van der Waals surface area contributed by atoms with Gasteiger partial charge in [0.2, 0.25) is 5.91 Å². The molecule has 0 aliphatic rings. The zero-order chi connectivity index (χ0) is 25.4. The second-order valence-corrected chi connectivity index (χ2v) is 8.73. The molecule has 0 spiro atoms. The van der Waals surface area contributed by atoms with E-state index < -0.39 is 12.0 Å². The molecule has 0 bridgehead atoms. The average Bonchev–Trinajstić information content (AvgIpc) is 3.25. The van der Waals surface area contributed by atoms with Crippen LogP contribution < -0.4 is 10.6 Å². The Labute approximate surface area is 211 Å². The quantitative estimate of drug-likeness (QED) is 0.238. The number of anilines is 1. The molecule has 3 rings (SSSR count). The highest BCUT2D eigenvalue weighted by atomic mass is 35.5. The fraction of sp³-hybridized carbons (Fsp3) is 0.208. The van der Waals surface area contributed by atoms with Crippen molar-refractivity contribution in [3.05, 3.63) is 83.2 Å². The molecule has 1 aromatic heterocycles. The number of nitrogens with one attached hydrogen (secondary N) is 2. The van der Waals surface area contributed by atoms with Crippen LogP contribution >= 0.6 is 23.4 Å². The molecule has 1 atom stereocenters. The summed E-state index contributed by atoms with van der Waals surface area (Å²) in [5.74, 6) is -0.384. The fourth-order valence-corrected chi connectivity index (χ4v) is 4.08. The van der Waals surface area contributed by atoms with Gasteiger partial charge in [0.25, 0.3) is 5.91 Å². The number of hydrogen-bond donors (Lipinski definition) is 2. The highest BCUT2D eigenvalue weighted by Gasteiger charge is 2.20. The monoisotopic (exact) mass is 513 g/mol. The van der Waals surface area contributed by atoms with Gasteiger partial charge in [-0.3, -0.25) is 9.59 Å². The molecule has 2 amide bonds. The van der Waals surface area contributed by atoms with E-state index >= 15 is 0 Å². The Morgan fingerprint density at radius 1 is 1.17 bits per heavy atom. The van der Waals surface area contributed by atoms with Crippen LogP contribution in [-0.2, 0) is 16.1 Å². The summed E-state index contributed by atoms with van der Waals surface area (Å²) in [6.07, 6.45) is 1.69. The predicted molar refractivity (Wildman–Crippen MR) is 135 cm³/mol. The van der Waals surface area contributed by atoms with Gasteiger partial charge in [-0.1, -0.05) is 35.5 Å². The van der Waals surface area contributed by atoms with Crippen molar-refractivity contribution in [3.8, 4) is 0 Å². The highest BCUT2D eigenvalue weighted by Crippen LogP contribution is 2.22. The summed E-state index contributed by atoms with van der Waals surface area (Å²) >= 11 is 7.18. The number of amides is 2. The first-order chi connectivity index (χ1) is 16.8. The van der Waals surface area contributed by atoms with Crippen molar-refractivity contribution < 1.29 is 19.1 Å². The smallest absolute Gasteiger partial charge is 0.337 e. The van der Waals surface area contributed by atoms with Crippen LogP contribution in [0.5, 0.6) is 0 Å². The lowest BCUT2D eigenvalue weighted by Crippen LogP contribution is -2.28. The topological polar surface area (TPSA) is 115 Å². The second kappa shape index (κ2) is 12.2. The third-order valence-corrected chi connectivity index (χ3v) is 6.00. The number of hydrogen-bond acceptors (Lipinski definition) is 7. The minimum absolute atomic E-state index is 0.0806. The average molecular weight is 514 g/mol. The van der Waals surface area contributed by atoms with Crippen LogP contribution in [-0.4, -0.2) is 45.4 Å². The normalized spacial score (nSPS) is 11.4. The van der Waals surface area contributed by atoms with Gasteiger partial charge in [-0.2, -0.15) is 0 Å². The van der Waals surface area contributed by atoms with Crippen LogP contribution in [0, 0.1) is 0 Å². The maximum atomic E-state index is 12.6. The lowest BCUT2D eigenvalue weighted by Gasteiger charge is -2.15. The minimum Gasteiger partial charge on any atom is -0.465 e. The molecule has 1 heterocycles. The fourth-order valence-electron chi connectivity index (χ4n) is 3.14. The van der Waals surface area contributed by atoms with Crippen molar-refractivity contribution in [2.24, 2.45) is 0 Å². The van der Waals surface area contributed by atoms with Crippen molar-refractivity contribution in [1.29, 1.82) is 0 Å². The maximum absolute atomic E-state index is 12.6. The van der Waals surface area contributed by atoms with Crippen LogP contribution in [0.2, 0.25) is 5.02 Å². The van der Waals surface area contributed by atoms with E-state index in [1.807, 2.05) is 0 Å². The molecule has 0 fully saturated rings. The molecular formula is C24H24ClN5O4S. The lowest BCUT2D eigenvalue weighted by molar-refractivity contribution is -0.113. The molecule has 182 valence electrons. The molecule has 35 heavy (non-hydrogen) atoms. The van der Waals surface area contributed by atoms with Gasteiger partial charge in [0.15, 0.2) is 11.0 Å². The largest absolute Gasteiger partial charge is 0.465 e. The molecule has 0 aliphatic carbocycles. The van der Waals surface area contributed by atoms with E-state index in [0.717, 1.165) is 0 Å². The van der Waals surface area contributed by atoms with Crippen LogP contribution in [0.25, 0.3) is 0 Å². The number of halogens is 1. The minimum atomic E-state index is -0.453. The van der Waals surface area contributed by atoms with Gasteiger partial charge in [0.05, 0.1) is 24.5 Å². The van der Waals surface area contributed by atoms with E-state index in [1.165, 1.54) is 18.9 Å². The van der Waals surface area contributed by atoms with Crippen LogP contribution in [0.15, 0.2) is 66.3 Å². The first-order valence-corrected chi connectivity index (χ1v) is 11.9. The summed E-state index contributed by atoms with van der Waals surface area (Å²) in [5.41, 5.74) is 1.38. The summed E-state index contributed by atoms with van der Waals surface area (Å²) < 4.78 is 6.45. The number of carbonyl (C=O) groups excluding carboxylic acids is 3. The van der Waals surface area contributed by atoms with Crippen molar-refractivity contribution >= 4 is 46.8 Å². The molecule has 3 aromatic rings. The Morgan fingerprint density at radius 3 is 2.57 bits per heavy atom. The Bertz CT molecular complexity index is 1230. The Hall–Kier alpha value is -3.63. The van der Waals surface area contributed by atoms with Gasteiger partial charge in [0.1, 0.15) is 0 Å². The van der Waals surface area contributed by atoms with E-state index in [0.29, 0.717) is 39.4 Å².